The molecule has 3 rings (SSSR count). The molecule has 0 amide bonds. The van der Waals surface area contributed by atoms with Crippen LogP contribution in [0.15, 0.2) is 22.7 Å². The van der Waals surface area contributed by atoms with E-state index >= 15 is 0 Å². The lowest BCUT2D eigenvalue weighted by molar-refractivity contribution is 0.267. The highest BCUT2D eigenvalue weighted by Crippen LogP contribution is 2.23. The zero-order valence-electron chi connectivity index (χ0n) is 8.57. The summed E-state index contributed by atoms with van der Waals surface area (Å²) in [7, 11) is 2.14. The van der Waals surface area contributed by atoms with Crippen LogP contribution in [-0.4, -0.2) is 28.0 Å². The molecule has 1 aromatic heterocycles. The van der Waals surface area contributed by atoms with Gasteiger partial charge in [0.1, 0.15) is 5.82 Å². The largest absolute Gasteiger partial charge is 0.326 e. The van der Waals surface area contributed by atoms with Gasteiger partial charge in [-0.25, -0.2) is 4.98 Å². The monoisotopic (exact) mass is 265 g/mol. The molecular weight excluding hydrogens is 254 g/mol. The van der Waals surface area contributed by atoms with Gasteiger partial charge in [-0.1, -0.05) is 15.9 Å². The minimum Gasteiger partial charge on any atom is -0.326 e. The molecule has 1 aliphatic rings. The quantitative estimate of drug-likeness (QED) is 0.729. The summed E-state index contributed by atoms with van der Waals surface area (Å²) in [6.45, 7) is 3.09. The van der Waals surface area contributed by atoms with Gasteiger partial charge in [0.25, 0.3) is 0 Å². The van der Waals surface area contributed by atoms with Gasteiger partial charge in [0.2, 0.25) is 0 Å². The van der Waals surface area contributed by atoms with E-state index in [9.17, 15) is 0 Å². The van der Waals surface area contributed by atoms with Crippen LogP contribution < -0.4 is 0 Å². The molecule has 15 heavy (non-hydrogen) atoms. The molecule has 0 bridgehead atoms. The Hall–Kier alpha value is -0.870. The van der Waals surface area contributed by atoms with Crippen molar-refractivity contribution in [1.29, 1.82) is 0 Å². The Balaban J connectivity index is 2.24. The van der Waals surface area contributed by atoms with E-state index in [1.165, 1.54) is 11.3 Å². The molecule has 2 heterocycles. The van der Waals surface area contributed by atoms with Gasteiger partial charge >= 0.3 is 0 Å². The highest BCUT2D eigenvalue weighted by atomic mass is 79.9. The van der Waals surface area contributed by atoms with E-state index in [0.717, 1.165) is 29.6 Å². The molecule has 1 aliphatic heterocycles. The van der Waals surface area contributed by atoms with Crippen molar-refractivity contribution in [3.05, 3.63) is 28.5 Å². The van der Waals surface area contributed by atoms with Gasteiger partial charge in [-0.05, 0) is 25.2 Å². The summed E-state index contributed by atoms with van der Waals surface area (Å²) in [5.74, 6) is 1.18. The topological polar surface area (TPSA) is 21.1 Å². The number of imidazole rings is 1. The second-order valence-corrected chi connectivity index (χ2v) is 4.97. The van der Waals surface area contributed by atoms with Crippen LogP contribution in [0.3, 0.4) is 0 Å². The van der Waals surface area contributed by atoms with Crippen molar-refractivity contribution in [1.82, 2.24) is 14.5 Å². The standard InChI is InChI=1S/C11H12BrN3/c1-14-4-5-15-10-6-8(12)2-3-9(10)13-11(15)7-14/h2-3,6H,4-5,7H2,1H3. The molecule has 3 nitrogen and oxygen atoms in total. The van der Waals surface area contributed by atoms with Gasteiger partial charge in [0.05, 0.1) is 17.6 Å². The van der Waals surface area contributed by atoms with Crippen molar-refractivity contribution in [2.45, 2.75) is 13.1 Å². The van der Waals surface area contributed by atoms with Crippen molar-refractivity contribution in [3.8, 4) is 0 Å². The molecule has 0 N–H and O–H groups in total. The van der Waals surface area contributed by atoms with Crippen molar-refractivity contribution in [2.75, 3.05) is 13.6 Å². The van der Waals surface area contributed by atoms with Crippen molar-refractivity contribution < 1.29 is 0 Å². The maximum absolute atomic E-state index is 4.65. The number of halogens is 1. The summed E-state index contributed by atoms with van der Waals surface area (Å²) in [5, 5.41) is 0. The number of benzene rings is 1. The third-order valence-electron chi connectivity index (χ3n) is 2.91. The van der Waals surface area contributed by atoms with Crippen LogP contribution in [-0.2, 0) is 13.1 Å². The number of fused-ring (bicyclic) bond motifs is 3. The van der Waals surface area contributed by atoms with Gasteiger partial charge < -0.3 is 4.57 Å². The number of nitrogens with zero attached hydrogens (tertiary/aromatic N) is 3. The Bertz CT molecular complexity index is 518. The first-order valence-corrected chi connectivity index (χ1v) is 5.86. The average Bonchev–Trinajstić information content (AvgIpc) is 2.54. The van der Waals surface area contributed by atoms with Crippen LogP contribution in [0.4, 0.5) is 0 Å². The summed E-state index contributed by atoms with van der Waals surface area (Å²) >= 11 is 3.51. The van der Waals surface area contributed by atoms with Crippen LogP contribution in [0.2, 0.25) is 0 Å². The second kappa shape index (κ2) is 3.32. The Kier molecular flexibility index (Phi) is 2.07. The SMILES string of the molecule is CN1CCn2c(nc3ccc(Br)cc32)C1. The number of aromatic nitrogens is 2. The number of likely N-dealkylation sites (N-methyl/N-ethyl adjacent to an activating group) is 1. The van der Waals surface area contributed by atoms with Gasteiger partial charge in [0, 0.05) is 17.6 Å². The number of hydrogen-bond donors (Lipinski definition) is 0. The number of hydrogen-bond acceptors (Lipinski definition) is 2. The second-order valence-electron chi connectivity index (χ2n) is 4.05. The fourth-order valence-corrected chi connectivity index (χ4v) is 2.46. The molecule has 0 saturated heterocycles. The lowest BCUT2D eigenvalue weighted by atomic mass is 10.3. The van der Waals surface area contributed by atoms with Crippen LogP contribution in [0.25, 0.3) is 11.0 Å². The fraction of sp³-hybridized carbons (Fsp3) is 0.364. The molecule has 1 aromatic carbocycles. The van der Waals surface area contributed by atoms with Crippen LogP contribution >= 0.6 is 15.9 Å². The summed E-state index contributed by atoms with van der Waals surface area (Å²) in [4.78, 5) is 6.95. The zero-order valence-corrected chi connectivity index (χ0v) is 10.2. The first kappa shape index (κ1) is 9.36. The van der Waals surface area contributed by atoms with E-state index in [1.807, 2.05) is 6.07 Å². The van der Waals surface area contributed by atoms with E-state index in [-0.39, 0.29) is 0 Å². The van der Waals surface area contributed by atoms with Gasteiger partial charge in [0.15, 0.2) is 0 Å². The summed E-state index contributed by atoms with van der Waals surface area (Å²) < 4.78 is 3.44. The van der Waals surface area contributed by atoms with E-state index < -0.39 is 0 Å². The smallest absolute Gasteiger partial charge is 0.124 e. The van der Waals surface area contributed by atoms with Crippen LogP contribution in [0, 0.1) is 0 Å². The molecule has 78 valence electrons. The Morgan fingerprint density at radius 2 is 2.20 bits per heavy atom. The molecule has 0 aliphatic carbocycles. The zero-order chi connectivity index (χ0) is 10.4. The molecule has 0 atom stereocenters. The van der Waals surface area contributed by atoms with E-state index in [0.29, 0.717) is 0 Å². The lowest BCUT2D eigenvalue weighted by Crippen LogP contribution is -2.30. The normalized spacial score (nSPS) is 16.9. The average molecular weight is 266 g/mol. The highest BCUT2D eigenvalue weighted by molar-refractivity contribution is 9.10. The van der Waals surface area contributed by atoms with Gasteiger partial charge in [-0.2, -0.15) is 0 Å². The highest BCUT2D eigenvalue weighted by Gasteiger charge is 2.17. The van der Waals surface area contributed by atoms with E-state index in [1.54, 1.807) is 0 Å². The summed E-state index contributed by atoms with van der Waals surface area (Å²) in [6.07, 6.45) is 0. The maximum Gasteiger partial charge on any atom is 0.124 e. The summed E-state index contributed by atoms with van der Waals surface area (Å²) in [5.41, 5.74) is 2.34. The maximum atomic E-state index is 4.65. The van der Waals surface area contributed by atoms with Crippen LogP contribution in [0.5, 0.6) is 0 Å². The Morgan fingerprint density at radius 3 is 3.07 bits per heavy atom. The van der Waals surface area contributed by atoms with Crippen molar-refractivity contribution >= 4 is 27.0 Å². The predicted molar refractivity (Wildman–Crippen MR) is 63.8 cm³/mol. The Morgan fingerprint density at radius 1 is 1.33 bits per heavy atom. The van der Waals surface area contributed by atoms with Gasteiger partial charge in [-0.3, -0.25) is 4.90 Å². The third-order valence-corrected chi connectivity index (χ3v) is 3.40. The van der Waals surface area contributed by atoms with E-state index in [2.05, 4.69) is 49.6 Å². The first-order valence-electron chi connectivity index (χ1n) is 5.07. The fourth-order valence-electron chi connectivity index (χ4n) is 2.11. The van der Waals surface area contributed by atoms with Gasteiger partial charge in [-0.15, -0.1) is 0 Å². The molecular formula is C11H12BrN3. The minimum atomic E-state index is 0.951. The predicted octanol–water partition coefficient (Wildman–Crippen LogP) is 2.24. The third kappa shape index (κ3) is 1.48. The first-order chi connectivity index (χ1) is 7.24. The van der Waals surface area contributed by atoms with Crippen LogP contribution in [0.1, 0.15) is 5.82 Å². The molecule has 2 aromatic rings. The molecule has 0 unspecified atom stereocenters. The lowest BCUT2D eigenvalue weighted by Gasteiger charge is -2.23. The minimum absolute atomic E-state index is 0.951. The molecule has 0 spiro atoms. The van der Waals surface area contributed by atoms with Crippen molar-refractivity contribution in [3.63, 3.8) is 0 Å². The van der Waals surface area contributed by atoms with E-state index in [4.69, 9.17) is 0 Å². The summed E-state index contributed by atoms with van der Waals surface area (Å²) in [6, 6.07) is 6.27. The molecule has 0 fully saturated rings. The molecule has 4 heteroatoms. The molecule has 0 saturated carbocycles. The number of rotatable bonds is 0. The Labute approximate surface area is 96.8 Å². The molecule has 0 radical (unpaired) electrons. The van der Waals surface area contributed by atoms with Crippen molar-refractivity contribution in [2.24, 2.45) is 0 Å².